The number of methoxy groups -OCH3 is 1. The first-order chi connectivity index (χ1) is 12.3. The topological polar surface area (TPSA) is 52.7 Å². The van der Waals surface area contributed by atoms with Crippen LogP contribution in [0.4, 0.5) is 0 Å². The van der Waals surface area contributed by atoms with Gasteiger partial charge in [-0.25, -0.2) is 0 Å². The molecule has 25 heavy (non-hydrogen) atoms. The van der Waals surface area contributed by atoms with Crippen molar-refractivity contribution in [2.45, 2.75) is 38.4 Å². The molecular formula is C19H27N3O3. The van der Waals surface area contributed by atoms with Crippen molar-refractivity contribution in [2.75, 3.05) is 33.5 Å². The van der Waals surface area contributed by atoms with Gasteiger partial charge in [0.15, 0.2) is 0 Å². The highest BCUT2D eigenvalue weighted by atomic mass is 16.5. The van der Waals surface area contributed by atoms with E-state index in [1.54, 1.807) is 13.4 Å². The Bertz CT molecular complexity index is 662. The molecule has 4 rings (SSSR count). The minimum absolute atomic E-state index is 0.242. The van der Waals surface area contributed by atoms with E-state index in [9.17, 15) is 0 Å². The molecule has 0 bridgehead atoms. The van der Waals surface area contributed by atoms with E-state index < -0.39 is 0 Å². The highest BCUT2D eigenvalue weighted by molar-refractivity contribution is 5.26. The van der Waals surface area contributed by atoms with Gasteiger partial charge in [-0.2, -0.15) is 5.10 Å². The molecule has 0 unspecified atom stereocenters. The summed E-state index contributed by atoms with van der Waals surface area (Å²) in [5.74, 6) is 0.658. The Morgan fingerprint density at radius 3 is 2.96 bits per heavy atom. The van der Waals surface area contributed by atoms with E-state index in [4.69, 9.17) is 19.0 Å². The molecule has 1 atom stereocenters. The van der Waals surface area contributed by atoms with Crippen LogP contribution in [0, 0.1) is 5.92 Å². The smallest absolute Gasteiger partial charge is 0.0947 e. The number of hydrogen-bond donors (Lipinski definition) is 0. The lowest BCUT2D eigenvalue weighted by Gasteiger charge is -2.36. The number of furan rings is 1. The van der Waals surface area contributed by atoms with Crippen molar-refractivity contribution >= 4 is 0 Å². The van der Waals surface area contributed by atoms with Gasteiger partial charge in [-0.05, 0) is 36.8 Å². The second-order valence-corrected chi connectivity index (χ2v) is 7.12. The summed E-state index contributed by atoms with van der Waals surface area (Å²) in [7, 11) is 1.78. The number of aromatic nitrogens is 2. The summed E-state index contributed by atoms with van der Waals surface area (Å²) in [6.45, 7) is 5.33. The standard InChI is InChI=1S/C19H27N3O3/c1-23-14-18-19-17(2-6-21(18)11-16-5-9-25-13-16)10-20-22(19)12-15-3-7-24-8-4-15/h5,9-10,13,15,18H,2-4,6-8,11-12,14H2,1H3/t18-/m1/s1. The second kappa shape index (κ2) is 7.72. The van der Waals surface area contributed by atoms with Gasteiger partial charge in [0.25, 0.3) is 0 Å². The zero-order valence-electron chi connectivity index (χ0n) is 14.9. The average molecular weight is 345 g/mol. The van der Waals surface area contributed by atoms with Gasteiger partial charge < -0.3 is 13.9 Å². The molecule has 0 aliphatic carbocycles. The maximum atomic E-state index is 5.58. The largest absolute Gasteiger partial charge is 0.472 e. The number of rotatable bonds is 6. The Morgan fingerprint density at radius 1 is 1.32 bits per heavy atom. The van der Waals surface area contributed by atoms with Crippen LogP contribution >= 0.6 is 0 Å². The van der Waals surface area contributed by atoms with E-state index in [1.807, 2.05) is 12.3 Å². The summed E-state index contributed by atoms with van der Waals surface area (Å²) in [6.07, 6.45) is 8.93. The van der Waals surface area contributed by atoms with E-state index in [-0.39, 0.29) is 6.04 Å². The molecule has 2 aliphatic rings. The zero-order chi connectivity index (χ0) is 17.1. The summed E-state index contributed by atoms with van der Waals surface area (Å²) >= 11 is 0. The maximum absolute atomic E-state index is 5.58. The fourth-order valence-corrected chi connectivity index (χ4v) is 4.07. The highest BCUT2D eigenvalue weighted by Crippen LogP contribution is 2.32. The molecule has 2 aromatic rings. The van der Waals surface area contributed by atoms with Gasteiger partial charge in [-0.1, -0.05) is 0 Å². The third-order valence-corrected chi connectivity index (χ3v) is 5.45. The molecule has 4 heterocycles. The molecule has 1 saturated heterocycles. The lowest BCUT2D eigenvalue weighted by molar-refractivity contribution is 0.0545. The molecule has 0 saturated carbocycles. The van der Waals surface area contributed by atoms with Crippen molar-refractivity contribution in [2.24, 2.45) is 5.92 Å². The number of hydrogen-bond acceptors (Lipinski definition) is 5. The molecule has 0 N–H and O–H groups in total. The summed E-state index contributed by atoms with van der Waals surface area (Å²) in [6, 6.07) is 2.28. The van der Waals surface area contributed by atoms with Crippen LogP contribution in [0.25, 0.3) is 0 Å². The van der Waals surface area contributed by atoms with Crippen LogP contribution in [0.2, 0.25) is 0 Å². The van der Waals surface area contributed by atoms with Crippen molar-refractivity contribution in [3.8, 4) is 0 Å². The van der Waals surface area contributed by atoms with E-state index in [0.29, 0.717) is 12.5 Å². The third-order valence-electron chi connectivity index (χ3n) is 5.45. The van der Waals surface area contributed by atoms with Crippen LogP contribution in [-0.2, 0) is 29.0 Å². The van der Waals surface area contributed by atoms with Crippen LogP contribution in [0.5, 0.6) is 0 Å². The fraction of sp³-hybridized carbons (Fsp3) is 0.632. The molecule has 1 fully saturated rings. The van der Waals surface area contributed by atoms with E-state index >= 15 is 0 Å². The number of nitrogens with zero attached hydrogens (tertiary/aromatic N) is 3. The molecule has 0 amide bonds. The molecule has 6 heteroatoms. The normalized spacial score (nSPS) is 22.2. The average Bonchev–Trinajstić information content (AvgIpc) is 3.28. The summed E-state index contributed by atoms with van der Waals surface area (Å²) in [5.41, 5.74) is 3.92. The minimum Gasteiger partial charge on any atom is -0.472 e. The number of fused-ring (bicyclic) bond motifs is 1. The minimum atomic E-state index is 0.242. The fourth-order valence-electron chi connectivity index (χ4n) is 4.07. The molecule has 6 nitrogen and oxygen atoms in total. The molecule has 136 valence electrons. The summed E-state index contributed by atoms with van der Waals surface area (Å²) < 4.78 is 18.6. The maximum Gasteiger partial charge on any atom is 0.0947 e. The van der Waals surface area contributed by atoms with Gasteiger partial charge >= 0.3 is 0 Å². The summed E-state index contributed by atoms with van der Waals surface area (Å²) in [4.78, 5) is 2.48. The molecule has 0 radical (unpaired) electrons. The highest BCUT2D eigenvalue weighted by Gasteiger charge is 2.32. The molecule has 0 spiro atoms. The van der Waals surface area contributed by atoms with E-state index in [1.165, 1.54) is 16.8 Å². The molecule has 2 aromatic heterocycles. The Labute approximate surface area is 148 Å². The first-order valence-corrected chi connectivity index (χ1v) is 9.21. The van der Waals surface area contributed by atoms with Crippen LogP contribution in [0.1, 0.15) is 35.7 Å². The van der Waals surface area contributed by atoms with Crippen LogP contribution in [-0.4, -0.2) is 48.2 Å². The van der Waals surface area contributed by atoms with Gasteiger partial charge in [-0.3, -0.25) is 9.58 Å². The first kappa shape index (κ1) is 16.8. The van der Waals surface area contributed by atoms with Crippen LogP contribution in [0.3, 0.4) is 0 Å². The third kappa shape index (κ3) is 3.66. The Balaban J connectivity index is 1.56. The van der Waals surface area contributed by atoms with Crippen LogP contribution in [0.15, 0.2) is 29.2 Å². The summed E-state index contributed by atoms with van der Waals surface area (Å²) in [5, 5.41) is 4.73. The van der Waals surface area contributed by atoms with Crippen molar-refractivity contribution in [3.05, 3.63) is 41.6 Å². The van der Waals surface area contributed by atoms with Gasteiger partial charge in [0, 0.05) is 45.5 Å². The SMILES string of the molecule is COC[C@@H]1c2c(cnn2CC2CCOCC2)CCN1Cc1ccoc1. The van der Waals surface area contributed by atoms with E-state index in [0.717, 1.165) is 52.1 Å². The molecule has 0 aromatic carbocycles. The van der Waals surface area contributed by atoms with Crippen molar-refractivity contribution in [3.63, 3.8) is 0 Å². The first-order valence-electron chi connectivity index (χ1n) is 9.21. The van der Waals surface area contributed by atoms with E-state index in [2.05, 4.69) is 15.8 Å². The molecular weight excluding hydrogens is 318 g/mol. The van der Waals surface area contributed by atoms with Crippen LogP contribution < -0.4 is 0 Å². The zero-order valence-corrected chi connectivity index (χ0v) is 14.9. The van der Waals surface area contributed by atoms with Crippen molar-refractivity contribution in [1.29, 1.82) is 0 Å². The second-order valence-electron chi connectivity index (χ2n) is 7.12. The Hall–Kier alpha value is -1.63. The Kier molecular flexibility index (Phi) is 5.20. The predicted molar refractivity (Wildman–Crippen MR) is 93.2 cm³/mol. The van der Waals surface area contributed by atoms with Gasteiger partial charge in [0.05, 0.1) is 37.1 Å². The lowest BCUT2D eigenvalue weighted by atomic mass is 9.97. The Morgan fingerprint density at radius 2 is 2.20 bits per heavy atom. The van der Waals surface area contributed by atoms with Gasteiger partial charge in [0.2, 0.25) is 0 Å². The van der Waals surface area contributed by atoms with Gasteiger partial charge in [0.1, 0.15) is 0 Å². The molecule has 2 aliphatic heterocycles. The predicted octanol–water partition coefficient (Wildman–Crippen LogP) is 2.65. The lowest BCUT2D eigenvalue weighted by Crippen LogP contribution is -2.38. The van der Waals surface area contributed by atoms with Gasteiger partial charge in [-0.15, -0.1) is 0 Å². The number of ether oxygens (including phenoxy) is 2. The quantitative estimate of drug-likeness (QED) is 0.806. The van der Waals surface area contributed by atoms with Crippen molar-refractivity contribution in [1.82, 2.24) is 14.7 Å². The monoisotopic (exact) mass is 345 g/mol. The van der Waals surface area contributed by atoms with Crippen molar-refractivity contribution < 1.29 is 13.9 Å².